The highest BCUT2D eigenvalue weighted by molar-refractivity contribution is 6.30. The number of nitrogens with zero attached hydrogens (tertiary/aromatic N) is 4. The van der Waals surface area contributed by atoms with Crippen molar-refractivity contribution in [3.8, 4) is 0 Å². The zero-order valence-corrected chi connectivity index (χ0v) is 15.1. The number of halogens is 1. The minimum absolute atomic E-state index is 0.194. The summed E-state index contributed by atoms with van der Waals surface area (Å²) in [5.41, 5.74) is 3.57. The fraction of sp³-hybridized carbons (Fsp3) is 0.368. The minimum atomic E-state index is 0.194. The first kappa shape index (κ1) is 17.0. The molecular formula is C19H20ClN5O. The van der Waals surface area contributed by atoms with Crippen LogP contribution in [-0.2, 0) is 11.2 Å². The number of aromatic amines is 1. The average molecular weight is 370 g/mol. The first-order chi connectivity index (χ1) is 12.7. The van der Waals surface area contributed by atoms with Gasteiger partial charge in [0.2, 0.25) is 5.91 Å². The van der Waals surface area contributed by atoms with Crippen LogP contribution in [0.3, 0.4) is 0 Å². The Morgan fingerprint density at radius 2 is 2.04 bits per heavy atom. The number of H-pyrrole nitrogens is 1. The Hall–Kier alpha value is -2.47. The SMILES string of the molecule is O=C(CCc1ccc(Cl)cc1)N1CCCC(c2[nH]nc3nccnc23)C1. The van der Waals surface area contributed by atoms with Gasteiger partial charge in [-0.1, -0.05) is 23.7 Å². The molecule has 3 heterocycles. The molecular weight excluding hydrogens is 350 g/mol. The number of hydrogen-bond acceptors (Lipinski definition) is 4. The summed E-state index contributed by atoms with van der Waals surface area (Å²) in [6, 6.07) is 7.68. The molecule has 1 unspecified atom stereocenters. The number of nitrogens with one attached hydrogen (secondary N) is 1. The van der Waals surface area contributed by atoms with Crippen molar-refractivity contribution in [2.45, 2.75) is 31.6 Å². The van der Waals surface area contributed by atoms with E-state index >= 15 is 0 Å². The number of hydrogen-bond donors (Lipinski definition) is 1. The zero-order chi connectivity index (χ0) is 17.9. The van der Waals surface area contributed by atoms with Gasteiger partial charge in [-0.15, -0.1) is 0 Å². The van der Waals surface area contributed by atoms with Gasteiger partial charge in [-0.05, 0) is 37.0 Å². The van der Waals surface area contributed by atoms with Gasteiger partial charge < -0.3 is 4.90 Å². The highest BCUT2D eigenvalue weighted by Gasteiger charge is 2.27. The zero-order valence-electron chi connectivity index (χ0n) is 14.4. The fourth-order valence-electron chi connectivity index (χ4n) is 3.55. The third-order valence-electron chi connectivity index (χ3n) is 4.94. The van der Waals surface area contributed by atoms with Crippen molar-refractivity contribution >= 4 is 28.7 Å². The second-order valence-corrected chi connectivity index (χ2v) is 7.11. The molecule has 134 valence electrons. The Balaban J connectivity index is 1.41. The van der Waals surface area contributed by atoms with Crippen LogP contribution in [0, 0.1) is 0 Å². The molecule has 1 aromatic carbocycles. The maximum atomic E-state index is 12.7. The van der Waals surface area contributed by atoms with Crippen molar-refractivity contribution in [1.82, 2.24) is 25.1 Å². The van der Waals surface area contributed by atoms with Crippen LogP contribution in [0.15, 0.2) is 36.7 Å². The number of carbonyl (C=O) groups excluding carboxylic acids is 1. The highest BCUT2D eigenvalue weighted by Crippen LogP contribution is 2.29. The summed E-state index contributed by atoms with van der Waals surface area (Å²) in [5.74, 6) is 0.421. The number of benzene rings is 1. The summed E-state index contributed by atoms with van der Waals surface area (Å²) in [7, 11) is 0. The van der Waals surface area contributed by atoms with E-state index in [-0.39, 0.29) is 11.8 Å². The van der Waals surface area contributed by atoms with Crippen LogP contribution in [0.25, 0.3) is 11.2 Å². The largest absolute Gasteiger partial charge is 0.342 e. The summed E-state index contributed by atoms with van der Waals surface area (Å²) in [6.45, 7) is 1.51. The number of carbonyl (C=O) groups is 1. The second-order valence-electron chi connectivity index (χ2n) is 6.67. The van der Waals surface area contributed by atoms with Crippen molar-refractivity contribution in [3.05, 3.63) is 52.9 Å². The van der Waals surface area contributed by atoms with Gasteiger partial charge in [-0.25, -0.2) is 9.97 Å². The summed E-state index contributed by atoms with van der Waals surface area (Å²) < 4.78 is 0. The summed E-state index contributed by atoms with van der Waals surface area (Å²) in [4.78, 5) is 23.3. The Bertz CT molecular complexity index is 908. The van der Waals surface area contributed by atoms with E-state index in [2.05, 4.69) is 20.2 Å². The first-order valence-electron chi connectivity index (χ1n) is 8.88. The maximum Gasteiger partial charge on any atom is 0.222 e. The van der Waals surface area contributed by atoms with Gasteiger partial charge in [0, 0.05) is 42.8 Å². The van der Waals surface area contributed by atoms with Crippen molar-refractivity contribution in [3.63, 3.8) is 0 Å². The van der Waals surface area contributed by atoms with Crippen molar-refractivity contribution in [2.75, 3.05) is 13.1 Å². The molecule has 26 heavy (non-hydrogen) atoms. The van der Waals surface area contributed by atoms with Crippen LogP contribution in [0.4, 0.5) is 0 Å². The molecule has 4 rings (SSSR count). The predicted molar refractivity (Wildman–Crippen MR) is 100 cm³/mol. The van der Waals surface area contributed by atoms with Gasteiger partial charge in [0.25, 0.3) is 0 Å². The van der Waals surface area contributed by atoms with E-state index in [9.17, 15) is 4.79 Å². The maximum absolute atomic E-state index is 12.7. The van der Waals surface area contributed by atoms with Crippen LogP contribution < -0.4 is 0 Å². The van der Waals surface area contributed by atoms with Gasteiger partial charge in [0.1, 0.15) is 5.52 Å². The number of piperidine rings is 1. The smallest absolute Gasteiger partial charge is 0.222 e. The minimum Gasteiger partial charge on any atom is -0.342 e. The average Bonchev–Trinajstić information content (AvgIpc) is 3.11. The van der Waals surface area contributed by atoms with Gasteiger partial charge in [-0.2, -0.15) is 5.10 Å². The lowest BCUT2D eigenvalue weighted by atomic mass is 9.94. The molecule has 1 amide bonds. The fourth-order valence-corrected chi connectivity index (χ4v) is 3.68. The van der Waals surface area contributed by atoms with E-state index in [1.54, 1.807) is 12.4 Å². The van der Waals surface area contributed by atoms with Crippen molar-refractivity contribution in [2.24, 2.45) is 0 Å². The molecule has 1 atom stereocenters. The lowest BCUT2D eigenvalue weighted by molar-refractivity contribution is -0.132. The van der Waals surface area contributed by atoms with E-state index in [4.69, 9.17) is 11.6 Å². The molecule has 0 aliphatic carbocycles. The van der Waals surface area contributed by atoms with E-state index in [1.165, 1.54) is 0 Å². The lowest BCUT2D eigenvalue weighted by Gasteiger charge is -2.32. The van der Waals surface area contributed by atoms with Crippen molar-refractivity contribution < 1.29 is 4.79 Å². The molecule has 1 aliphatic heterocycles. The topological polar surface area (TPSA) is 74.8 Å². The van der Waals surface area contributed by atoms with E-state index in [1.807, 2.05) is 29.2 Å². The standard InChI is InChI=1S/C19H20ClN5O/c20-15-6-3-13(4-7-15)5-8-16(26)25-11-1-2-14(12-25)17-18-19(24-23-17)22-10-9-21-18/h3-4,6-7,9-10,14H,1-2,5,8,11-12H2,(H,22,23,24). The van der Waals surface area contributed by atoms with Crippen LogP contribution >= 0.6 is 11.6 Å². The number of amides is 1. The predicted octanol–water partition coefficient (Wildman–Crippen LogP) is 3.35. The quantitative estimate of drug-likeness (QED) is 0.765. The number of aromatic nitrogens is 4. The second kappa shape index (κ2) is 7.41. The Kier molecular flexibility index (Phi) is 4.84. The molecule has 0 radical (unpaired) electrons. The molecule has 1 N–H and O–H groups in total. The van der Waals surface area contributed by atoms with Gasteiger partial charge in [0.05, 0.1) is 5.69 Å². The summed E-state index contributed by atoms with van der Waals surface area (Å²) >= 11 is 5.91. The summed E-state index contributed by atoms with van der Waals surface area (Å²) in [5, 5.41) is 8.03. The van der Waals surface area contributed by atoms with Crippen molar-refractivity contribution in [1.29, 1.82) is 0 Å². The number of rotatable bonds is 4. The van der Waals surface area contributed by atoms with E-state index in [0.717, 1.165) is 42.6 Å². The lowest BCUT2D eigenvalue weighted by Crippen LogP contribution is -2.39. The molecule has 1 saturated heterocycles. The molecule has 3 aromatic rings. The van der Waals surface area contributed by atoms with Crippen LogP contribution in [0.2, 0.25) is 5.02 Å². The van der Waals surface area contributed by atoms with Crippen LogP contribution in [0.5, 0.6) is 0 Å². The molecule has 6 nitrogen and oxygen atoms in total. The number of fused-ring (bicyclic) bond motifs is 1. The molecule has 1 aliphatic rings. The molecule has 0 spiro atoms. The third-order valence-corrected chi connectivity index (χ3v) is 5.19. The van der Waals surface area contributed by atoms with Gasteiger partial charge in [-0.3, -0.25) is 9.89 Å². The molecule has 0 bridgehead atoms. The Morgan fingerprint density at radius 1 is 1.23 bits per heavy atom. The molecule has 1 fully saturated rings. The van der Waals surface area contributed by atoms with Gasteiger partial charge >= 0.3 is 0 Å². The monoisotopic (exact) mass is 369 g/mol. The first-order valence-corrected chi connectivity index (χ1v) is 9.25. The normalized spacial score (nSPS) is 17.6. The van der Waals surface area contributed by atoms with E-state index < -0.39 is 0 Å². The van der Waals surface area contributed by atoms with E-state index in [0.29, 0.717) is 23.6 Å². The number of likely N-dealkylation sites (tertiary alicyclic amines) is 1. The Labute approximate surface area is 156 Å². The third kappa shape index (κ3) is 3.55. The Morgan fingerprint density at radius 3 is 2.88 bits per heavy atom. The molecule has 2 aromatic heterocycles. The van der Waals surface area contributed by atoms with Crippen LogP contribution in [0.1, 0.15) is 36.4 Å². The number of aryl methyl sites for hydroxylation is 1. The molecule has 0 saturated carbocycles. The molecule has 7 heteroatoms. The summed E-state index contributed by atoms with van der Waals surface area (Å²) in [6.07, 6.45) is 6.57. The highest BCUT2D eigenvalue weighted by atomic mass is 35.5. The van der Waals surface area contributed by atoms with Crippen LogP contribution in [-0.4, -0.2) is 44.1 Å². The van der Waals surface area contributed by atoms with Gasteiger partial charge in [0.15, 0.2) is 5.65 Å².